The van der Waals surface area contributed by atoms with E-state index in [1.54, 1.807) is 0 Å². The molecule has 0 aliphatic carbocycles. The van der Waals surface area contributed by atoms with Crippen LogP contribution in [0.25, 0.3) is 0 Å². The van der Waals surface area contributed by atoms with E-state index in [-0.39, 0.29) is 31.1 Å². The lowest BCUT2D eigenvalue weighted by Crippen LogP contribution is -2.30. The van der Waals surface area contributed by atoms with E-state index in [4.69, 9.17) is 14.2 Å². The first-order valence-electron chi connectivity index (χ1n) is 28.7. The quantitative estimate of drug-likeness (QED) is 0.0344. The van der Waals surface area contributed by atoms with Gasteiger partial charge in [-0.1, -0.05) is 285 Å². The summed E-state index contributed by atoms with van der Waals surface area (Å²) < 4.78 is 16.9. The maximum atomic E-state index is 12.8. The lowest BCUT2D eigenvalue weighted by Gasteiger charge is -2.18. The average Bonchev–Trinajstić information content (AvgIpc) is 3.27. The largest absolute Gasteiger partial charge is 0.462 e. The van der Waals surface area contributed by atoms with E-state index in [9.17, 15) is 14.4 Å². The third-order valence-corrected chi connectivity index (χ3v) is 13.2. The SMILES string of the molecule is CCCCCCCCCCCCCCCCCCC(=O)OC[C@H](COC(=O)CCCCCCCCCCCCCC(C)C)OC(=O)CCCCCCCCCCCCCCCC(C)C. The second kappa shape index (κ2) is 50.8. The molecular weight excluding hydrogens is 793 g/mol. The van der Waals surface area contributed by atoms with Crippen LogP contribution >= 0.6 is 0 Å². The van der Waals surface area contributed by atoms with Gasteiger partial charge in [0.2, 0.25) is 0 Å². The van der Waals surface area contributed by atoms with Crippen molar-refractivity contribution < 1.29 is 28.6 Å². The van der Waals surface area contributed by atoms with Crippen LogP contribution in [0.2, 0.25) is 0 Å². The first-order chi connectivity index (χ1) is 31.2. The van der Waals surface area contributed by atoms with Gasteiger partial charge in [0.05, 0.1) is 0 Å². The Kier molecular flexibility index (Phi) is 49.6. The number of ether oxygens (including phenoxy) is 3. The molecule has 0 amide bonds. The fraction of sp³-hybridized carbons (Fsp3) is 0.948. The molecule has 0 aromatic heterocycles. The molecule has 0 aromatic rings. The number of hydrogen-bond acceptors (Lipinski definition) is 6. The second-order valence-corrected chi connectivity index (χ2v) is 20.9. The first kappa shape index (κ1) is 62.4. The van der Waals surface area contributed by atoms with Gasteiger partial charge in [0.1, 0.15) is 13.2 Å². The number of carbonyl (C=O) groups is 3. The molecule has 380 valence electrons. The molecule has 0 saturated carbocycles. The molecule has 64 heavy (non-hydrogen) atoms. The summed E-state index contributed by atoms with van der Waals surface area (Å²) >= 11 is 0. The lowest BCUT2D eigenvalue weighted by molar-refractivity contribution is -0.167. The summed E-state index contributed by atoms with van der Waals surface area (Å²) in [5.41, 5.74) is 0. The molecular formula is C58H112O6. The third-order valence-electron chi connectivity index (χ3n) is 13.2. The minimum absolute atomic E-state index is 0.0627. The molecule has 6 heteroatoms. The van der Waals surface area contributed by atoms with Crippen LogP contribution < -0.4 is 0 Å². The van der Waals surface area contributed by atoms with Crippen LogP contribution in [0.3, 0.4) is 0 Å². The Morgan fingerprint density at radius 1 is 0.297 bits per heavy atom. The van der Waals surface area contributed by atoms with Gasteiger partial charge >= 0.3 is 17.9 Å². The van der Waals surface area contributed by atoms with Crippen molar-refractivity contribution in [3.05, 3.63) is 0 Å². The molecule has 6 nitrogen and oxygen atoms in total. The van der Waals surface area contributed by atoms with Crippen molar-refractivity contribution in [3.63, 3.8) is 0 Å². The highest BCUT2D eigenvalue weighted by atomic mass is 16.6. The van der Waals surface area contributed by atoms with Gasteiger partial charge in [-0.3, -0.25) is 14.4 Å². The molecule has 0 unspecified atom stereocenters. The molecule has 0 bridgehead atoms. The zero-order valence-electron chi connectivity index (χ0n) is 43.9. The Hall–Kier alpha value is -1.59. The molecule has 0 radical (unpaired) electrons. The smallest absolute Gasteiger partial charge is 0.306 e. The van der Waals surface area contributed by atoms with Crippen LogP contribution in [0.15, 0.2) is 0 Å². The Labute approximate surface area is 399 Å². The summed E-state index contributed by atoms with van der Waals surface area (Å²) in [5.74, 6) is 0.825. The molecule has 0 aliphatic heterocycles. The fourth-order valence-corrected chi connectivity index (χ4v) is 8.87. The minimum Gasteiger partial charge on any atom is -0.462 e. The third kappa shape index (κ3) is 51.4. The van der Waals surface area contributed by atoms with Crippen LogP contribution in [-0.2, 0) is 28.6 Å². The van der Waals surface area contributed by atoms with Crippen molar-refractivity contribution in [1.29, 1.82) is 0 Å². The number of rotatable bonds is 52. The van der Waals surface area contributed by atoms with Gasteiger partial charge in [-0.05, 0) is 31.1 Å². The van der Waals surface area contributed by atoms with E-state index in [2.05, 4.69) is 34.6 Å². The van der Waals surface area contributed by atoms with E-state index >= 15 is 0 Å². The molecule has 0 N–H and O–H groups in total. The fourth-order valence-electron chi connectivity index (χ4n) is 8.87. The first-order valence-corrected chi connectivity index (χ1v) is 28.7. The van der Waals surface area contributed by atoms with Crippen LogP contribution in [0.4, 0.5) is 0 Å². The number of unbranched alkanes of at least 4 members (excludes halogenated alkanes) is 37. The van der Waals surface area contributed by atoms with Crippen molar-refractivity contribution in [2.45, 2.75) is 330 Å². The van der Waals surface area contributed by atoms with E-state index in [1.807, 2.05) is 0 Å². The zero-order chi connectivity index (χ0) is 46.8. The Morgan fingerprint density at radius 3 is 0.766 bits per heavy atom. The van der Waals surface area contributed by atoms with Crippen molar-refractivity contribution in [1.82, 2.24) is 0 Å². The standard InChI is InChI=1S/C58H112O6/c1-6-7-8-9-10-11-12-13-14-15-18-23-28-33-38-43-48-56(59)62-51-55(52-63-57(60)49-44-39-34-29-25-20-22-27-32-37-42-47-54(4)5)64-58(61)50-45-40-35-30-24-19-16-17-21-26-31-36-41-46-53(2)3/h53-55H,6-52H2,1-5H3/t55-/m1/s1. The summed E-state index contributed by atoms with van der Waals surface area (Å²) in [6.45, 7) is 11.4. The van der Waals surface area contributed by atoms with Crippen LogP contribution in [0.1, 0.15) is 324 Å². The van der Waals surface area contributed by atoms with Crippen LogP contribution in [-0.4, -0.2) is 37.2 Å². The van der Waals surface area contributed by atoms with Gasteiger partial charge in [-0.25, -0.2) is 0 Å². The van der Waals surface area contributed by atoms with E-state index in [1.165, 1.54) is 212 Å². The van der Waals surface area contributed by atoms with Crippen LogP contribution in [0, 0.1) is 11.8 Å². The Morgan fingerprint density at radius 2 is 0.516 bits per heavy atom. The Bertz CT molecular complexity index is 978. The summed E-state index contributed by atoms with van der Waals surface area (Å²) in [6, 6.07) is 0. The van der Waals surface area contributed by atoms with E-state index < -0.39 is 6.10 Å². The highest BCUT2D eigenvalue weighted by molar-refractivity contribution is 5.71. The molecule has 0 rings (SSSR count). The molecule has 0 aromatic carbocycles. The number of hydrogen-bond donors (Lipinski definition) is 0. The topological polar surface area (TPSA) is 78.9 Å². The van der Waals surface area contributed by atoms with Gasteiger partial charge in [-0.15, -0.1) is 0 Å². The van der Waals surface area contributed by atoms with E-state index in [0.29, 0.717) is 19.3 Å². The molecule has 0 spiro atoms. The van der Waals surface area contributed by atoms with Gasteiger partial charge in [0.15, 0.2) is 6.10 Å². The minimum atomic E-state index is -0.763. The van der Waals surface area contributed by atoms with Crippen molar-refractivity contribution in [2.75, 3.05) is 13.2 Å². The molecule has 0 saturated heterocycles. The molecule has 0 heterocycles. The summed E-state index contributed by atoms with van der Waals surface area (Å²) in [5, 5.41) is 0. The highest BCUT2D eigenvalue weighted by Crippen LogP contribution is 2.18. The molecule has 0 aliphatic rings. The Balaban J connectivity index is 4.30. The number of esters is 3. The summed E-state index contributed by atoms with van der Waals surface area (Å²) in [4.78, 5) is 38.1. The normalized spacial score (nSPS) is 12.0. The maximum Gasteiger partial charge on any atom is 0.306 e. The number of carbonyl (C=O) groups excluding carboxylic acids is 3. The predicted molar refractivity (Wildman–Crippen MR) is 275 cm³/mol. The van der Waals surface area contributed by atoms with Crippen molar-refractivity contribution >= 4 is 17.9 Å². The van der Waals surface area contributed by atoms with Crippen molar-refractivity contribution in [3.8, 4) is 0 Å². The van der Waals surface area contributed by atoms with Crippen LogP contribution in [0.5, 0.6) is 0 Å². The van der Waals surface area contributed by atoms with Gasteiger partial charge in [0.25, 0.3) is 0 Å². The molecule has 0 fully saturated rings. The van der Waals surface area contributed by atoms with Gasteiger partial charge in [-0.2, -0.15) is 0 Å². The maximum absolute atomic E-state index is 12.8. The monoisotopic (exact) mass is 905 g/mol. The van der Waals surface area contributed by atoms with Gasteiger partial charge in [0, 0.05) is 19.3 Å². The zero-order valence-corrected chi connectivity index (χ0v) is 43.9. The average molecular weight is 906 g/mol. The van der Waals surface area contributed by atoms with Crippen molar-refractivity contribution in [2.24, 2.45) is 11.8 Å². The van der Waals surface area contributed by atoms with E-state index in [0.717, 1.165) is 69.6 Å². The summed E-state index contributed by atoms with van der Waals surface area (Å²) in [7, 11) is 0. The lowest BCUT2D eigenvalue weighted by atomic mass is 10.0. The predicted octanol–water partition coefficient (Wildman–Crippen LogP) is 18.9. The van der Waals surface area contributed by atoms with Gasteiger partial charge < -0.3 is 14.2 Å². The second-order valence-electron chi connectivity index (χ2n) is 20.9. The summed E-state index contributed by atoms with van der Waals surface area (Å²) in [6.07, 6.45) is 53.8. The highest BCUT2D eigenvalue weighted by Gasteiger charge is 2.19. The molecule has 1 atom stereocenters.